The van der Waals surface area contributed by atoms with Crippen molar-refractivity contribution in [1.29, 1.82) is 0 Å². The molecule has 1 heterocycles. The molecule has 1 aromatic heterocycles. The van der Waals surface area contributed by atoms with Crippen LogP contribution in [0, 0.1) is 5.41 Å². The molecule has 84 valence electrons. The molecule has 0 bridgehead atoms. The summed E-state index contributed by atoms with van der Waals surface area (Å²) in [6, 6.07) is 3.84. The van der Waals surface area contributed by atoms with E-state index in [0.717, 1.165) is 0 Å². The topological polar surface area (TPSA) is 31.2 Å². The van der Waals surface area contributed by atoms with Gasteiger partial charge in [0.05, 0.1) is 13.2 Å². The smallest absolute Gasteiger partial charge is 0.160 e. The molecule has 0 radical (unpaired) electrons. The molecule has 3 heteroatoms. The Kier molecular flexibility index (Phi) is 4.09. The molecule has 0 atom stereocenters. The number of Topliss-reactive ketones (excluding diaryl/α,β-unsaturated/α-hetero) is 1. The lowest BCUT2D eigenvalue weighted by Crippen LogP contribution is -2.32. The highest BCUT2D eigenvalue weighted by Crippen LogP contribution is 2.18. The first kappa shape index (κ1) is 12.0. The molecule has 0 amide bonds. The number of aromatic nitrogens is 1. The Morgan fingerprint density at radius 1 is 1.33 bits per heavy atom. The van der Waals surface area contributed by atoms with E-state index < -0.39 is 5.41 Å². The second-order valence-electron chi connectivity index (χ2n) is 4.30. The molecule has 0 aromatic carbocycles. The summed E-state index contributed by atoms with van der Waals surface area (Å²) >= 11 is 0. The van der Waals surface area contributed by atoms with Gasteiger partial charge in [0.25, 0.3) is 0 Å². The predicted molar refractivity (Wildman–Crippen MR) is 59.7 cm³/mol. The number of rotatable bonds is 6. The van der Waals surface area contributed by atoms with Crippen LogP contribution in [0.5, 0.6) is 0 Å². The van der Waals surface area contributed by atoms with Gasteiger partial charge in [0.1, 0.15) is 0 Å². The first-order chi connectivity index (χ1) is 7.06. The largest absolute Gasteiger partial charge is 0.381 e. The van der Waals surface area contributed by atoms with E-state index in [2.05, 4.69) is 0 Å². The number of hydrogen-bond acceptors (Lipinski definition) is 2. The van der Waals surface area contributed by atoms with Crippen molar-refractivity contribution in [1.82, 2.24) is 4.57 Å². The second-order valence-corrected chi connectivity index (χ2v) is 4.30. The van der Waals surface area contributed by atoms with Crippen LogP contribution in [0.2, 0.25) is 0 Å². The third-order valence-corrected chi connectivity index (χ3v) is 2.41. The zero-order valence-electron chi connectivity index (χ0n) is 9.69. The summed E-state index contributed by atoms with van der Waals surface area (Å²) < 4.78 is 7.19. The first-order valence-electron chi connectivity index (χ1n) is 5.28. The lowest BCUT2D eigenvalue weighted by atomic mass is 9.89. The van der Waals surface area contributed by atoms with Crippen LogP contribution in [-0.2, 0) is 16.1 Å². The van der Waals surface area contributed by atoms with Crippen LogP contribution in [0.4, 0.5) is 0 Å². The number of carbonyl (C=O) groups excluding carboxylic acids is 1. The van der Waals surface area contributed by atoms with E-state index in [9.17, 15) is 4.79 Å². The van der Waals surface area contributed by atoms with Crippen molar-refractivity contribution in [3.05, 3.63) is 24.5 Å². The summed E-state index contributed by atoms with van der Waals surface area (Å²) in [5, 5.41) is 0. The Balaban J connectivity index is 2.52. The van der Waals surface area contributed by atoms with Gasteiger partial charge < -0.3 is 9.30 Å². The number of hydrogen-bond donors (Lipinski definition) is 0. The summed E-state index contributed by atoms with van der Waals surface area (Å²) in [4.78, 5) is 11.9. The molecule has 0 aliphatic carbocycles. The van der Waals surface area contributed by atoms with Gasteiger partial charge in [0, 0.05) is 24.4 Å². The van der Waals surface area contributed by atoms with Crippen molar-refractivity contribution in [2.24, 2.45) is 5.41 Å². The number of nitrogens with zero attached hydrogens (tertiary/aromatic N) is 1. The normalized spacial score (nSPS) is 11.7. The highest BCUT2D eigenvalue weighted by Gasteiger charge is 2.27. The predicted octanol–water partition coefficient (Wildman–Crippen LogP) is 2.12. The minimum atomic E-state index is -0.402. The molecule has 0 spiro atoms. The van der Waals surface area contributed by atoms with E-state index in [4.69, 9.17) is 4.74 Å². The van der Waals surface area contributed by atoms with Crippen molar-refractivity contribution in [2.45, 2.75) is 27.3 Å². The van der Waals surface area contributed by atoms with Crippen LogP contribution in [0.15, 0.2) is 24.5 Å². The molecular weight excluding hydrogens is 190 g/mol. The summed E-state index contributed by atoms with van der Waals surface area (Å²) in [6.07, 6.45) is 3.79. The van der Waals surface area contributed by atoms with Gasteiger partial charge in [-0.15, -0.1) is 0 Å². The maximum atomic E-state index is 11.9. The van der Waals surface area contributed by atoms with Gasteiger partial charge in [-0.3, -0.25) is 4.79 Å². The van der Waals surface area contributed by atoms with E-state index in [1.165, 1.54) is 0 Å². The molecule has 0 aliphatic rings. The van der Waals surface area contributed by atoms with E-state index >= 15 is 0 Å². The van der Waals surface area contributed by atoms with Crippen LogP contribution >= 0.6 is 0 Å². The fourth-order valence-electron chi connectivity index (χ4n) is 1.29. The highest BCUT2D eigenvalue weighted by atomic mass is 16.5. The van der Waals surface area contributed by atoms with Gasteiger partial charge >= 0.3 is 0 Å². The molecule has 0 fully saturated rings. The van der Waals surface area contributed by atoms with Crippen LogP contribution in [0.25, 0.3) is 0 Å². The van der Waals surface area contributed by atoms with E-state index in [-0.39, 0.29) is 5.78 Å². The van der Waals surface area contributed by atoms with Gasteiger partial charge in [-0.1, -0.05) is 13.8 Å². The van der Waals surface area contributed by atoms with E-state index in [1.54, 1.807) is 0 Å². The maximum Gasteiger partial charge on any atom is 0.160 e. The molecule has 0 N–H and O–H groups in total. The minimum Gasteiger partial charge on any atom is -0.381 e. The summed E-state index contributed by atoms with van der Waals surface area (Å²) in [5.41, 5.74) is -0.402. The zero-order valence-corrected chi connectivity index (χ0v) is 9.69. The monoisotopic (exact) mass is 209 g/mol. The van der Waals surface area contributed by atoms with Gasteiger partial charge in [-0.2, -0.15) is 0 Å². The van der Waals surface area contributed by atoms with Crippen molar-refractivity contribution >= 4 is 5.78 Å². The molecule has 3 nitrogen and oxygen atoms in total. The second kappa shape index (κ2) is 5.12. The third kappa shape index (κ3) is 3.51. The molecular formula is C12H19NO2. The molecule has 15 heavy (non-hydrogen) atoms. The Bertz CT molecular complexity index is 301. The quantitative estimate of drug-likeness (QED) is 0.718. The highest BCUT2D eigenvalue weighted by molar-refractivity contribution is 5.84. The first-order valence-corrected chi connectivity index (χ1v) is 5.28. The van der Waals surface area contributed by atoms with Crippen molar-refractivity contribution in [3.63, 3.8) is 0 Å². The molecule has 1 aromatic rings. The minimum absolute atomic E-state index is 0.201. The van der Waals surface area contributed by atoms with Crippen molar-refractivity contribution in [3.8, 4) is 0 Å². The fraction of sp³-hybridized carbons (Fsp3) is 0.583. The van der Waals surface area contributed by atoms with E-state index in [1.807, 2.05) is 49.9 Å². The molecule has 0 saturated heterocycles. The fourth-order valence-corrected chi connectivity index (χ4v) is 1.29. The molecule has 0 saturated carbocycles. The maximum absolute atomic E-state index is 11.9. The van der Waals surface area contributed by atoms with E-state index in [0.29, 0.717) is 19.8 Å². The summed E-state index contributed by atoms with van der Waals surface area (Å²) in [7, 11) is 0. The standard InChI is InChI=1S/C12H19NO2/c1-4-15-10-12(2,3)11(14)9-13-7-5-6-8-13/h5-8H,4,9-10H2,1-3H3. The van der Waals surface area contributed by atoms with Crippen LogP contribution in [-0.4, -0.2) is 23.6 Å². The van der Waals surface area contributed by atoms with Gasteiger partial charge in [-0.05, 0) is 19.1 Å². The lowest BCUT2D eigenvalue weighted by Gasteiger charge is -2.22. The third-order valence-electron chi connectivity index (χ3n) is 2.41. The van der Waals surface area contributed by atoms with Crippen molar-refractivity contribution in [2.75, 3.05) is 13.2 Å². The lowest BCUT2D eigenvalue weighted by molar-refractivity contribution is -0.130. The van der Waals surface area contributed by atoms with Crippen LogP contribution in [0.3, 0.4) is 0 Å². The van der Waals surface area contributed by atoms with Crippen LogP contribution < -0.4 is 0 Å². The summed E-state index contributed by atoms with van der Waals surface area (Å²) in [5.74, 6) is 0.201. The number of ether oxygens (including phenoxy) is 1. The molecule has 0 aliphatic heterocycles. The Morgan fingerprint density at radius 3 is 2.47 bits per heavy atom. The number of carbonyl (C=O) groups is 1. The number of ketones is 1. The zero-order chi connectivity index (χ0) is 11.3. The van der Waals surface area contributed by atoms with Gasteiger partial charge in [0.15, 0.2) is 5.78 Å². The Labute approximate surface area is 91.0 Å². The van der Waals surface area contributed by atoms with Gasteiger partial charge in [-0.25, -0.2) is 0 Å². The average molecular weight is 209 g/mol. The average Bonchev–Trinajstić information content (AvgIpc) is 2.67. The molecule has 0 unspecified atom stereocenters. The van der Waals surface area contributed by atoms with Crippen molar-refractivity contribution < 1.29 is 9.53 Å². The van der Waals surface area contributed by atoms with Crippen LogP contribution in [0.1, 0.15) is 20.8 Å². The van der Waals surface area contributed by atoms with Gasteiger partial charge in [0.2, 0.25) is 0 Å². The Morgan fingerprint density at radius 2 is 1.93 bits per heavy atom. The summed E-state index contributed by atoms with van der Waals surface area (Å²) in [6.45, 7) is 7.35. The molecule has 1 rings (SSSR count). The Hall–Kier alpha value is -1.09. The SMILES string of the molecule is CCOCC(C)(C)C(=O)Cn1cccc1.